The van der Waals surface area contributed by atoms with Crippen molar-refractivity contribution in [1.29, 1.82) is 0 Å². The minimum Gasteiger partial charge on any atom is -0.480 e. The minimum absolute atomic E-state index is 0.0761. The number of hydrogen-bond acceptors (Lipinski definition) is 2. The molecule has 0 aliphatic heterocycles. The summed E-state index contributed by atoms with van der Waals surface area (Å²) >= 11 is 1.38. The van der Waals surface area contributed by atoms with Crippen molar-refractivity contribution >= 4 is 17.7 Å². The van der Waals surface area contributed by atoms with Crippen molar-refractivity contribution in [2.75, 3.05) is 5.75 Å². The SMILES string of the molecule is CCCCC(SCCCCC(F)F)C(=O)O. The molecule has 1 atom stereocenters. The monoisotopic (exact) mass is 254 g/mol. The predicted molar refractivity (Wildman–Crippen MR) is 63.3 cm³/mol. The third kappa shape index (κ3) is 8.95. The van der Waals surface area contributed by atoms with Crippen molar-refractivity contribution in [2.24, 2.45) is 0 Å². The maximum absolute atomic E-state index is 11.8. The van der Waals surface area contributed by atoms with Gasteiger partial charge in [-0.2, -0.15) is 0 Å². The van der Waals surface area contributed by atoms with Crippen molar-refractivity contribution in [1.82, 2.24) is 0 Å². The molecule has 0 aromatic rings. The zero-order valence-electron chi connectivity index (χ0n) is 9.62. The largest absolute Gasteiger partial charge is 0.480 e. The molecular weight excluding hydrogens is 234 g/mol. The Hall–Kier alpha value is -0.320. The lowest BCUT2D eigenvalue weighted by Crippen LogP contribution is -2.16. The highest BCUT2D eigenvalue weighted by atomic mass is 32.2. The highest BCUT2D eigenvalue weighted by Gasteiger charge is 2.16. The predicted octanol–water partition coefficient (Wildman–Crippen LogP) is 3.80. The Bertz CT molecular complexity index is 189. The lowest BCUT2D eigenvalue weighted by molar-refractivity contribution is -0.136. The summed E-state index contributed by atoms with van der Waals surface area (Å²) in [6.45, 7) is 2.02. The van der Waals surface area contributed by atoms with Crippen molar-refractivity contribution < 1.29 is 18.7 Å². The van der Waals surface area contributed by atoms with Gasteiger partial charge in [-0.1, -0.05) is 19.8 Å². The second-order valence-corrected chi connectivity index (χ2v) is 5.04. The molecule has 0 fully saturated rings. The Kier molecular flexibility index (Phi) is 9.68. The number of halogens is 2. The van der Waals surface area contributed by atoms with Crippen LogP contribution in [0.3, 0.4) is 0 Å². The average molecular weight is 254 g/mol. The van der Waals surface area contributed by atoms with Crippen LogP contribution in [0, 0.1) is 0 Å². The number of rotatable bonds is 10. The summed E-state index contributed by atoms with van der Waals surface area (Å²) in [5, 5.41) is 8.53. The average Bonchev–Trinajstić information content (AvgIpc) is 2.21. The Morgan fingerprint density at radius 2 is 1.94 bits per heavy atom. The molecule has 0 saturated heterocycles. The lowest BCUT2D eigenvalue weighted by Gasteiger charge is -2.11. The molecule has 0 bridgehead atoms. The van der Waals surface area contributed by atoms with Crippen molar-refractivity contribution in [3.05, 3.63) is 0 Å². The molecule has 1 N–H and O–H groups in total. The maximum atomic E-state index is 11.8. The highest BCUT2D eigenvalue weighted by molar-refractivity contribution is 8.00. The summed E-state index contributed by atoms with van der Waals surface area (Å²) < 4.78 is 23.6. The van der Waals surface area contributed by atoms with Gasteiger partial charge in [0.15, 0.2) is 0 Å². The maximum Gasteiger partial charge on any atom is 0.316 e. The summed E-state index contributed by atoms with van der Waals surface area (Å²) in [5.74, 6) is -0.125. The van der Waals surface area contributed by atoms with Crippen molar-refractivity contribution in [2.45, 2.75) is 57.1 Å². The molecule has 0 spiro atoms. The van der Waals surface area contributed by atoms with E-state index in [1.807, 2.05) is 6.92 Å². The summed E-state index contributed by atoms with van der Waals surface area (Å²) in [7, 11) is 0. The van der Waals surface area contributed by atoms with E-state index in [1.165, 1.54) is 11.8 Å². The van der Waals surface area contributed by atoms with Crippen LogP contribution in [0.4, 0.5) is 8.78 Å². The summed E-state index contributed by atoms with van der Waals surface area (Å²) in [6, 6.07) is 0. The van der Waals surface area contributed by atoms with Gasteiger partial charge in [0.2, 0.25) is 6.43 Å². The van der Waals surface area contributed by atoms with Gasteiger partial charge in [0.1, 0.15) is 5.25 Å². The molecule has 0 rings (SSSR count). The number of alkyl halides is 2. The van der Waals surface area contributed by atoms with Gasteiger partial charge in [0, 0.05) is 6.42 Å². The number of unbranched alkanes of at least 4 members (excludes halogenated alkanes) is 2. The second-order valence-electron chi connectivity index (χ2n) is 3.73. The van der Waals surface area contributed by atoms with E-state index in [9.17, 15) is 13.6 Å². The number of aliphatic carboxylic acids is 1. The molecular formula is C11H20F2O2S. The molecule has 5 heteroatoms. The van der Waals surface area contributed by atoms with Crippen LogP contribution in [0.25, 0.3) is 0 Å². The molecule has 0 aliphatic rings. The summed E-state index contributed by atoms with van der Waals surface area (Å²) in [5.41, 5.74) is 0. The van der Waals surface area contributed by atoms with E-state index in [0.717, 1.165) is 12.8 Å². The number of hydrogen-bond donors (Lipinski definition) is 1. The van der Waals surface area contributed by atoms with Gasteiger partial charge in [0.05, 0.1) is 0 Å². The van der Waals surface area contributed by atoms with Gasteiger partial charge in [-0.15, -0.1) is 11.8 Å². The Morgan fingerprint density at radius 3 is 2.44 bits per heavy atom. The molecule has 0 aliphatic carbocycles. The third-order valence-electron chi connectivity index (χ3n) is 2.23. The van der Waals surface area contributed by atoms with Crippen molar-refractivity contribution in [3.63, 3.8) is 0 Å². The van der Waals surface area contributed by atoms with E-state index in [4.69, 9.17) is 5.11 Å². The standard InChI is InChI=1S/C11H20F2O2S/c1-2-3-6-9(11(14)15)16-8-5-4-7-10(12)13/h9-10H,2-8H2,1H3,(H,14,15). The van der Waals surface area contributed by atoms with Gasteiger partial charge in [-0.05, 0) is 25.0 Å². The normalized spacial score (nSPS) is 13.0. The first-order chi connectivity index (χ1) is 7.57. The van der Waals surface area contributed by atoms with Gasteiger partial charge in [-0.3, -0.25) is 4.79 Å². The first-order valence-corrected chi connectivity index (χ1v) is 6.75. The van der Waals surface area contributed by atoms with E-state index in [2.05, 4.69) is 0 Å². The Balaban J connectivity index is 3.56. The fourth-order valence-electron chi connectivity index (χ4n) is 1.29. The van der Waals surface area contributed by atoms with Crippen LogP contribution in [-0.4, -0.2) is 28.5 Å². The second kappa shape index (κ2) is 9.87. The van der Waals surface area contributed by atoms with Gasteiger partial charge in [0.25, 0.3) is 0 Å². The fraction of sp³-hybridized carbons (Fsp3) is 0.909. The molecule has 0 aromatic carbocycles. The van der Waals surface area contributed by atoms with Crippen LogP contribution in [0.5, 0.6) is 0 Å². The van der Waals surface area contributed by atoms with Crippen LogP contribution in [0.2, 0.25) is 0 Å². The van der Waals surface area contributed by atoms with E-state index >= 15 is 0 Å². The topological polar surface area (TPSA) is 37.3 Å². The first kappa shape index (κ1) is 15.7. The minimum atomic E-state index is -2.24. The van der Waals surface area contributed by atoms with E-state index in [0.29, 0.717) is 25.0 Å². The number of thioether (sulfide) groups is 1. The third-order valence-corrected chi connectivity index (χ3v) is 3.60. The Morgan fingerprint density at radius 1 is 1.25 bits per heavy atom. The van der Waals surface area contributed by atoms with E-state index in [1.54, 1.807) is 0 Å². The molecule has 1 unspecified atom stereocenters. The summed E-state index contributed by atoms with van der Waals surface area (Å²) in [6.07, 6.45) is 1.39. The van der Waals surface area contributed by atoms with Crippen LogP contribution < -0.4 is 0 Å². The molecule has 0 radical (unpaired) electrons. The summed E-state index contributed by atoms with van der Waals surface area (Å²) in [4.78, 5) is 10.8. The van der Waals surface area contributed by atoms with Gasteiger partial charge >= 0.3 is 5.97 Å². The van der Waals surface area contributed by atoms with Crippen LogP contribution in [0.15, 0.2) is 0 Å². The molecule has 16 heavy (non-hydrogen) atoms. The first-order valence-electron chi connectivity index (χ1n) is 5.70. The molecule has 0 saturated carbocycles. The van der Waals surface area contributed by atoms with Gasteiger partial charge in [-0.25, -0.2) is 8.78 Å². The van der Waals surface area contributed by atoms with Crippen LogP contribution in [0.1, 0.15) is 45.4 Å². The van der Waals surface area contributed by atoms with Crippen molar-refractivity contribution in [3.8, 4) is 0 Å². The van der Waals surface area contributed by atoms with Crippen LogP contribution >= 0.6 is 11.8 Å². The van der Waals surface area contributed by atoms with Gasteiger partial charge < -0.3 is 5.11 Å². The van der Waals surface area contributed by atoms with Crippen LogP contribution in [-0.2, 0) is 4.79 Å². The highest BCUT2D eigenvalue weighted by Crippen LogP contribution is 2.20. The smallest absolute Gasteiger partial charge is 0.316 e. The number of carboxylic acid groups (broad SMARTS) is 1. The number of carboxylic acids is 1. The molecule has 96 valence electrons. The Labute approximate surface area is 99.8 Å². The van der Waals surface area contributed by atoms with E-state index < -0.39 is 12.4 Å². The van der Waals surface area contributed by atoms with E-state index in [-0.39, 0.29) is 11.7 Å². The molecule has 0 heterocycles. The number of carbonyl (C=O) groups is 1. The molecule has 0 aromatic heterocycles. The zero-order chi connectivity index (χ0) is 12.4. The zero-order valence-corrected chi connectivity index (χ0v) is 10.4. The fourth-order valence-corrected chi connectivity index (χ4v) is 2.43. The molecule has 2 nitrogen and oxygen atoms in total. The quantitative estimate of drug-likeness (QED) is 0.602. The lowest BCUT2D eigenvalue weighted by atomic mass is 10.2. The molecule has 0 amide bonds.